The van der Waals surface area contributed by atoms with Gasteiger partial charge in [-0.3, -0.25) is 9.52 Å². The Bertz CT molecular complexity index is 941. The van der Waals surface area contributed by atoms with Crippen LogP contribution in [0.5, 0.6) is 11.5 Å². The first-order valence-corrected chi connectivity index (χ1v) is 9.46. The van der Waals surface area contributed by atoms with Gasteiger partial charge in [0.25, 0.3) is 10.0 Å². The number of anilines is 1. The van der Waals surface area contributed by atoms with Crippen molar-refractivity contribution in [1.82, 2.24) is 0 Å². The Hall–Kier alpha value is -2.54. The van der Waals surface area contributed by atoms with Gasteiger partial charge in [0.05, 0.1) is 24.8 Å². The van der Waals surface area contributed by atoms with Crippen LogP contribution in [0.4, 0.5) is 5.69 Å². The summed E-state index contributed by atoms with van der Waals surface area (Å²) in [7, 11) is -0.999. The number of hydrogen-bond acceptors (Lipinski definition) is 5. The Morgan fingerprint density at radius 3 is 1.88 bits per heavy atom. The minimum absolute atomic E-state index is 0.148. The molecule has 0 aliphatic carbocycles. The van der Waals surface area contributed by atoms with Crippen molar-refractivity contribution in [2.24, 2.45) is 0 Å². The molecule has 26 heavy (non-hydrogen) atoms. The van der Waals surface area contributed by atoms with E-state index in [9.17, 15) is 13.2 Å². The Morgan fingerprint density at radius 2 is 1.42 bits per heavy atom. The normalized spacial score (nSPS) is 11.2. The zero-order valence-corrected chi connectivity index (χ0v) is 16.6. The first-order valence-electron chi connectivity index (χ1n) is 7.98. The molecule has 2 aromatic rings. The number of Topliss-reactive ketones (excluding diaryl/α,β-unsaturated/α-hetero) is 1. The molecule has 140 valence electrons. The summed E-state index contributed by atoms with van der Waals surface area (Å²) in [5, 5.41) is 0. The van der Waals surface area contributed by atoms with Crippen LogP contribution in [-0.2, 0) is 10.0 Å². The van der Waals surface area contributed by atoms with Crippen LogP contribution in [0, 0.1) is 20.8 Å². The van der Waals surface area contributed by atoms with Crippen molar-refractivity contribution in [1.29, 1.82) is 0 Å². The van der Waals surface area contributed by atoms with Crippen molar-refractivity contribution in [3.63, 3.8) is 0 Å². The third-order valence-electron chi connectivity index (χ3n) is 4.02. The van der Waals surface area contributed by atoms with Gasteiger partial charge in [-0.1, -0.05) is 17.7 Å². The van der Waals surface area contributed by atoms with Crippen LogP contribution in [0.25, 0.3) is 0 Å². The number of carbonyl (C=O) groups excluding carboxylic acids is 1. The average molecular weight is 377 g/mol. The molecule has 0 aliphatic rings. The van der Waals surface area contributed by atoms with Crippen LogP contribution in [0.15, 0.2) is 29.2 Å². The molecule has 0 saturated heterocycles. The van der Waals surface area contributed by atoms with Gasteiger partial charge in [-0.2, -0.15) is 0 Å². The maximum absolute atomic E-state index is 13.0. The highest BCUT2D eigenvalue weighted by atomic mass is 32.2. The second-order valence-electron chi connectivity index (χ2n) is 6.14. The maximum atomic E-state index is 13.0. The largest absolute Gasteiger partial charge is 0.493 e. The van der Waals surface area contributed by atoms with Gasteiger partial charge in [-0.15, -0.1) is 0 Å². The quantitative estimate of drug-likeness (QED) is 0.778. The Labute approximate surface area is 154 Å². The average Bonchev–Trinajstić information content (AvgIpc) is 2.52. The number of aryl methyl sites for hydroxylation is 3. The molecule has 0 aromatic heterocycles. The predicted molar refractivity (Wildman–Crippen MR) is 101 cm³/mol. The first-order chi connectivity index (χ1) is 12.1. The van der Waals surface area contributed by atoms with Gasteiger partial charge in [0.1, 0.15) is 0 Å². The van der Waals surface area contributed by atoms with E-state index in [4.69, 9.17) is 9.47 Å². The minimum atomic E-state index is -3.89. The number of nitrogens with one attached hydrogen (secondary N) is 1. The van der Waals surface area contributed by atoms with Crippen LogP contribution in [-0.4, -0.2) is 28.4 Å². The molecule has 0 atom stereocenters. The molecule has 2 aromatic carbocycles. The van der Waals surface area contributed by atoms with Crippen LogP contribution in [0.2, 0.25) is 0 Å². The monoisotopic (exact) mass is 377 g/mol. The molecule has 1 N–H and O–H groups in total. The summed E-state index contributed by atoms with van der Waals surface area (Å²) in [6.07, 6.45) is 0. The smallest absolute Gasteiger partial charge is 0.262 e. The molecular formula is C19H23NO5S. The highest BCUT2D eigenvalue weighted by Gasteiger charge is 2.23. The summed E-state index contributed by atoms with van der Waals surface area (Å²) in [5.74, 6) is 0.386. The summed E-state index contributed by atoms with van der Waals surface area (Å²) in [5.41, 5.74) is 2.61. The molecule has 0 spiro atoms. The number of methoxy groups -OCH3 is 2. The molecule has 0 unspecified atom stereocenters. The molecule has 0 saturated carbocycles. The van der Waals surface area contributed by atoms with Crippen molar-refractivity contribution in [3.8, 4) is 11.5 Å². The molecule has 6 nitrogen and oxygen atoms in total. The van der Waals surface area contributed by atoms with Gasteiger partial charge >= 0.3 is 0 Å². The second kappa shape index (κ2) is 7.37. The van der Waals surface area contributed by atoms with Crippen molar-refractivity contribution < 1.29 is 22.7 Å². The second-order valence-corrected chi connectivity index (χ2v) is 7.76. The lowest BCUT2D eigenvalue weighted by molar-refractivity contribution is 0.101. The number of rotatable bonds is 6. The number of sulfonamides is 1. The van der Waals surface area contributed by atoms with E-state index in [2.05, 4.69) is 4.72 Å². The number of benzene rings is 2. The van der Waals surface area contributed by atoms with Crippen LogP contribution >= 0.6 is 0 Å². The molecule has 7 heteroatoms. The van der Waals surface area contributed by atoms with E-state index in [0.717, 1.165) is 5.56 Å². The molecular weight excluding hydrogens is 354 g/mol. The topological polar surface area (TPSA) is 81.7 Å². The lowest BCUT2D eigenvalue weighted by Crippen LogP contribution is -2.18. The fourth-order valence-corrected chi connectivity index (χ4v) is 4.57. The molecule has 0 bridgehead atoms. The lowest BCUT2D eigenvalue weighted by Gasteiger charge is -2.17. The molecule has 0 fully saturated rings. The highest BCUT2D eigenvalue weighted by Crippen LogP contribution is 2.35. The van der Waals surface area contributed by atoms with E-state index in [1.54, 1.807) is 13.8 Å². The third kappa shape index (κ3) is 3.83. The predicted octanol–water partition coefficient (Wildman–Crippen LogP) is 3.63. The van der Waals surface area contributed by atoms with Gasteiger partial charge in [0.15, 0.2) is 17.3 Å². The van der Waals surface area contributed by atoms with Gasteiger partial charge < -0.3 is 9.47 Å². The van der Waals surface area contributed by atoms with Crippen molar-refractivity contribution in [2.45, 2.75) is 32.6 Å². The molecule has 0 amide bonds. The Morgan fingerprint density at radius 1 is 0.923 bits per heavy atom. The van der Waals surface area contributed by atoms with Crippen LogP contribution < -0.4 is 14.2 Å². The minimum Gasteiger partial charge on any atom is -0.493 e. The Balaban J connectivity index is 2.62. The van der Waals surface area contributed by atoms with Gasteiger partial charge in [0.2, 0.25) is 0 Å². The van der Waals surface area contributed by atoms with E-state index in [0.29, 0.717) is 22.6 Å². The lowest BCUT2D eigenvalue weighted by atomic mass is 10.1. The van der Waals surface area contributed by atoms with E-state index in [-0.39, 0.29) is 21.9 Å². The standard InChI is InChI=1S/C19H23NO5S/c1-11-7-12(2)19(13(3)8-11)26(22,23)20-16-10-18(25-6)17(24-5)9-15(16)14(4)21/h7-10,20H,1-6H3. The summed E-state index contributed by atoms with van der Waals surface area (Å²) in [6.45, 7) is 6.76. The summed E-state index contributed by atoms with van der Waals surface area (Å²) < 4.78 is 38.9. The van der Waals surface area contributed by atoms with Crippen LogP contribution in [0.1, 0.15) is 34.0 Å². The van der Waals surface area contributed by atoms with Gasteiger partial charge in [-0.05, 0) is 44.9 Å². The molecule has 2 rings (SSSR count). The zero-order chi connectivity index (χ0) is 19.6. The maximum Gasteiger partial charge on any atom is 0.262 e. The molecule has 0 radical (unpaired) electrons. The highest BCUT2D eigenvalue weighted by molar-refractivity contribution is 7.92. The first kappa shape index (κ1) is 19.8. The van der Waals surface area contributed by atoms with E-state index >= 15 is 0 Å². The van der Waals surface area contributed by atoms with Gasteiger partial charge in [-0.25, -0.2) is 8.42 Å². The summed E-state index contributed by atoms with van der Waals surface area (Å²) in [6, 6.07) is 6.53. The van der Waals surface area contributed by atoms with E-state index in [1.807, 2.05) is 19.1 Å². The van der Waals surface area contributed by atoms with Crippen molar-refractivity contribution >= 4 is 21.5 Å². The zero-order valence-electron chi connectivity index (χ0n) is 15.8. The van der Waals surface area contributed by atoms with Crippen molar-refractivity contribution in [3.05, 3.63) is 46.5 Å². The SMILES string of the molecule is COc1cc(NS(=O)(=O)c2c(C)cc(C)cc2C)c(C(C)=O)cc1OC. The van der Waals surface area contributed by atoms with Crippen LogP contribution in [0.3, 0.4) is 0 Å². The number of ether oxygens (including phenoxy) is 2. The summed E-state index contributed by atoms with van der Waals surface area (Å²) in [4.78, 5) is 12.2. The fourth-order valence-electron chi connectivity index (χ4n) is 3.04. The number of hydrogen-bond donors (Lipinski definition) is 1. The van der Waals surface area contributed by atoms with E-state index < -0.39 is 10.0 Å². The van der Waals surface area contributed by atoms with E-state index in [1.165, 1.54) is 33.3 Å². The molecule has 0 aliphatic heterocycles. The number of carbonyl (C=O) groups is 1. The fraction of sp³-hybridized carbons (Fsp3) is 0.316. The Kier molecular flexibility index (Phi) is 5.61. The molecule has 0 heterocycles. The summed E-state index contributed by atoms with van der Waals surface area (Å²) >= 11 is 0. The third-order valence-corrected chi connectivity index (χ3v) is 5.69. The van der Waals surface area contributed by atoms with Crippen molar-refractivity contribution in [2.75, 3.05) is 18.9 Å². The van der Waals surface area contributed by atoms with Gasteiger partial charge in [0, 0.05) is 11.6 Å². The number of ketones is 1.